The maximum absolute atomic E-state index is 12.0. The lowest BCUT2D eigenvalue weighted by molar-refractivity contribution is -0.150. The molecule has 102 valence electrons. The average molecular weight is 254 g/mol. The number of carboxylic acid groups (broad SMARTS) is 1. The highest BCUT2D eigenvalue weighted by molar-refractivity contribution is 5.79. The van der Waals surface area contributed by atoms with E-state index in [1.54, 1.807) is 27.7 Å². The molecule has 0 aromatic heterocycles. The Kier molecular flexibility index (Phi) is 5.22. The number of nitrogens with zero attached hydrogens (tertiary/aromatic N) is 1. The number of carboxylic acids is 1. The molecule has 0 aliphatic carbocycles. The first-order valence-electron chi connectivity index (χ1n) is 5.84. The molecule has 0 aliphatic rings. The lowest BCUT2D eigenvalue weighted by Gasteiger charge is -2.39. The van der Waals surface area contributed by atoms with Gasteiger partial charge in [0.15, 0.2) is 0 Å². The van der Waals surface area contributed by atoms with Crippen LogP contribution in [0.25, 0.3) is 0 Å². The molecule has 2 N–H and O–H groups in total. The molecule has 0 rings (SSSR count). The van der Waals surface area contributed by atoms with Crippen molar-refractivity contribution in [2.75, 3.05) is 13.1 Å². The smallest absolute Gasteiger partial charge is 0.318 e. The molecule has 5 heteroatoms. The summed E-state index contributed by atoms with van der Waals surface area (Å²) in [5.74, 6) is 1.43. The van der Waals surface area contributed by atoms with E-state index < -0.39 is 16.9 Å². The molecule has 0 saturated heterocycles. The van der Waals surface area contributed by atoms with Crippen molar-refractivity contribution in [1.29, 1.82) is 0 Å². The molecule has 0 bridgehead atoms. The number of terminal acetylenes is 1. The molecule has 0 heterocycles. The highest BCUT2D eigenvalue weighted by Crippen LogP contribution is 2.30. The van der Waals surface area contributed by atoms with Crippen LogP contribution in [0.4, 0.5) is 4.79 Å². The Bertz CT molecular complexity index is 367. The van der Waals surface area contributed by atoms with E-state index >= 15 is 0 Å². The number of carbonyl (C=O) groups excluding carboxylic acids is 1. The third-order valence-electron chi connectivity index (χ3n) is 3.47. The van der Waals surface area contributed by atoms with Crippen LogP contribution in [0, 0.1) is 17.8 Å². The van der Waals surface area contributed by atoms with Crippen molar-refractivity contribution < 1.29 is 14.7 Å². The summed E-state index contributed by atoms with van der Waals surface area (Å²) in [6.45, 7) is 9.00. The molecule has 0 radical (unpaired) electrons. The lowest BCUT2D eigenvalue weighted by atomic mass is 9.74. The van der Waals surface area contributed by atoms with E-state index in [-0.39, 0.29) is 12.6 Å². The van der Waals surface area contributed by atoms with E-state index in [1.807, 2.05) is 6.92 Å². The zero-order valence-corrected chi connectivity index (χ0v) is 11.7. The summed E-state index contributed by atoms with van der Waals surface area (Å²) < 4.78 is 0. The molecule has 0 unspecified atom stereocenters. The zero-order chi connectivity index (χ0) is 14.6. The number of carbonyl (C=O) groups is 2. The third kappa shape index (κ3) is 3.39. The second-order valence-electron chi connectivity index (χ2n) is 5.20. The summed E-state index contributed by atoms with van der Waals surface area (Å²) >= 11 is 0. The van der Waals surface area contributed by atoms with Gasteiger partial charge in [-0.15, -0.1) is 6.42 Å². The molecular weight excluding hydrogens is 232 g/mol. The summed E-state index contributed by atoms with van der Waals surface area (Å²) in [4.78, 5) is 24.6. The van der Waals surface area contributed by atoms with Crippen LogP contribution < -0.4 is 5.32 Å². The molecule has 5 nitrogen and oxygen atoms in total. The SMILES string of the molecule is C#CCN(CC)C(=O)NC(C)(C)C(C)(C)C(=O)O. The number of amides is 2. The van der Waals surface area contributed by atoms with Crippen molar-refractivity contribution in [3.8, 4) is 12.3 Å². The molecule has 0 aliphatic heterocycles. The van der Waals surface area contributed by atoms with E-state index in [9.17, 15) is 14.7 Å². The van der Waals surface area contributed by atoms with Gasteiger partial charge in [0.25, 0.3) is 0 Å². The first-order valence-corrected chi connectivity index (χ1v) is 5.84. The quantitative estimate of drug-likeness (QED) is 0.731. The highest BCUT2D eigenvalue weighted by Gasteiger charge is 2.44. The maximum Gasteiger partial charge on any atom is 0.318 e. The number of urea groups is 1. The van der Waals surface area contributed by atoms with Gasteiger partial charge in [-0.2, -0.15) is 0 Å². The molecule has 0 spiro atoms. The Balaban J connectivity index is 4.93. The van der Waals surface area contributed by atoms with Crippen molar-refractivity contribution in [2.45, 2.75) is 40.2 Å². The predicted octanol–water partition coefficient (Wildman–Crippen LogP) is 1.54. The Morgan fingerprint density at radius 3 is 2.17 bits per heavy atom. The van der Waals surface area contributed by atoms with E-state index in [0.29, 0.717) is 6.54 Å². The molecule has 0 fully saturated rings. The molecule has 0 aromatic carbocycles. The summed E-state index contributed by atoms with van der Waals surface area (Å²) in [6.07, 6.45) is 5.17. The predicted molar refractivity (Wildman–Crippen MR) is 70.1 cm³/mol. The summed E-state index contributed by atoms with van der Waals surface area (Å²) in [7, 11) is 0. The lowest BCUT2D eigenvalue weighted by Crippen LogP contribution is -2.59. The fourth-order valence-corrected chi connectivity index (χ4v) is 1.21. The molecule has 0 aromatic rings. The highest BCUT2D eigenvalue weighted by atomic mass is 16.4. The van der Waals surface area contributed by atoms with Crippen LogP contribution in [0.5, 0.6) is 0 Å². The van der Waals surface area contributed by atoms with E-state index in [4.69, 9.17) is 6.42 Å². The normalized spacial score (nSPS) is 11.6. The second-order valence-corrected chi connectivity index (χ2v) is 5.20. The van der Waals surface area contributed by atoms with Gasteiger partial charge in [0.1, 0.15) is 0 Å². The first kappa shape index (κ1) is 16.3. The first-order chi connectivity index (χ1) is 8.10. The minimum Gasteiger partial charge on any atom is -0.481 e. The average Bonchev–Trinajstić information content (AvgIpc) is 2.24. The van der Waals surface area contributed by atoms with E-state index in [0.717, 1.165) is 0 Å². The van der Waals surface area contributed by atoms with Gasteiger partial charge in [0.05, 0.1) is 17.5 Å². The largest absolute Gasteiger partial charge is 0.481 e. The van der Waals surface area contributed by atoms with Crippen molar-refractivity contribution in [2.24, 2.45) is 5.41 Å². The zero-order valence-electron chi connectivity index (χ0n) is 11.7. The third-order valence-corrected chi connectivity index (χ3v) is 3.47. The van der Waals surface area contributed by atoms with Crippen molar-refractivity contribution >= 4 is 12.0 Å². The summed E-state index contributed by atoms with van der Waals surface area (Å²) in [6, 6.07) is -0.352. The van der Waals surface area contributed by atoms with Gasteiger partial charge in [-0.25, -0.2) is 4.79 Å². The van der Waals surface area contributed by atoms with Crippen LogP contribution in [0.2, 0.25) is 0 Å². The Hall–Kier alpha value is -1.70. The summed E-state index contributed by atoms with van der Waals surface area (Å²) in [5, 5.41) is 11.9. The molecule has 0 saturated carbocycles. The minimum absolute atomic E-state index is 0.200. The van der Waals surface area contributed by atoms with E-state index in [1.165, 1.54) is 4.90 Å². The van der Waals surface area contributed by atoms with Crippen LogP contribution >= 0.6 is 0 Å². The summed E-state index contributed by atoms with van der Waals surface area (Å²) in [5.41, 5.74) is -1.98. The minimum atomic E-state index is -1.09. The molecule has 2 amide bonds. The number of hydrogen-bond donors (Lipinski definition) is 2. The van der Waals surface area contributed by atoms with Gasteiger partial charge in [-0.3, -0.25) is 4.79 Å². The van der Waals surface area contributed by atoms with Crippen LogP contribution in [0.15, 0.2) is 0 Å². The van der Waals surface area contributed by atoms with Gasteiger partial charge >= 0.3 is 12.0 Å². The molecular formula is C13H22N2O3. The van der Waals surface area contributed by atoms with Crippen LogP contribution in [-0.2, 0) is 4.79 Å². The topological polar surface area (TPSA) is 69.6 Å². The Morgan fingerprint density at radius 2 is 1.83 bits per heavy atom. The van der Waals surface area contributed by atoms with Gasteiger partial charge < -0.3 is 15.3 Å². The van der Waals surface area contributed by atoms with E-state index in [2.05, 4.69) is 11.2 Å². The monoisotopic (exact) mass is 254 g/mol. The van der Waals surface area contributed by atoms with Crippen molar-refractivity contribution in [3.63, 3.8) is 0 Å². The standard InChI is InChI=1S/C13H22N2O3/c1-7-9-15(8-2)11(18)14-13(5,6)12(3,4)10(16)17/h1H,8-9H2,2-6H3,(H,14,18)(H,16,17). The number of aliphatic carboxylic acids is 1. The van der Waals surface area contributed by atoms with Gasteiger partial charge in [0, 0.05) is 6.54 Å². The van der Waals surface area contributed by atoms with Crippen molar-refractivity contribution in [3.05, 3.63) is 0 Å². The maximum atomic E-state index is 12.0. The molecule has 18 heavy (non-hydrogen) atoms. The van der Waals surface area contributed by atoms with Crippen molar-refractivity contribution in [1.82, 2.24) is 10.2 Å². The number of nitrogens with one attached hydrogen (secondary N) is 1. The van der Waals surface area contributed by atoms with Gasteiger partial charge in [-0.1, -0.05) is 5.92 Å². The number of hydrogen-bond acceptors (Lipinski definition) is 2. The molecule has 0 atom stereocenters. The fraction of sp³-hybridized carbons (Fsp3) is 0.692. The van der Waals surface area contributed by atoms with Crippen LogP contribution in [0.3, 0.4) is 0 Å². The van der Waals surface area contributed by atoms with Gasteiger partial charge in [-0.05, 0) is 34.6 Å². The Labute approximate surface area is 109 Å². The number of rotatable bonds is 5. The Morgan fingerprint density at radius 1 is 1.33 bits per heavy atom. The second kappa shape index (κ2) is 5.76. The van der Waals surface area contributed by atoms with Crippen LogP contribution in [-0.4, -0.2) is 40.6 Å². The van der Waals surface area contributed by atoms with Crippen LogP contribution in [0.1, 0.15) is 34.6 Å². The van der Waals surface area contributed by atoms with Gasteiger partial charge in [0.2, 0.25) is 0 Å². The fourth-order valence-electron chi connectivity index (χ4n) is 1.21.